The number of hydrogen-bond acceptors (Lipinski definition) is 5. The van der Waals surface area contributed by atoms with Crippen LogP contribution in [0.3, 0.4) is 0 Å². The zero-order chi connectivity index (χ0) is 13.7. The van der Waals surface area contributed by atoms with Crippen molar-refractivity contribution in [1.82, 2.24) is 10.2 Å². The highest BCUT2D eigenvalue weighted by Crippen LogP contribution is 2.09. The molecule has 19 heavy (non-hydrogen) atoms. The summed E-state index contributed by atoms with van der Waals surface area (Å²) < 4.78 is 5.19. The molecule has 100 valence electrons. The molecule has 0 spiro atoms. The maximum atomic E-state index is 11.5. The van der Waals surface area contributed by atoms with E-state index in [0.717, 1.165) is 5.76 Å². The number of anilines is 2. The number of carbonyl (C=O) groups is 1. The van der Waals surface area contributed by atoms with Crippen molar-refractivity contribution in [1.29, 1.82) is 0 Å². The third-order valence-corrected chi connectivity index (χ3v) is 2.46. The lowest BCUT2D eigenvalue weighted by Gasteiger charge is -2.07. The van der Waals surface area contributed by atoms with Gasteiger partial charge in [-0.2, -0.15) is 0 Å². The molecule has 6 heteroatoms. The van der Waals surface area contributed by atoms with Crippen molar-refractivity contribution < 1.29 is 9.21 Å². The van der Waals surface area contributed by atoms with Crippen molar-refractivity contribution in [3.8, 4) is 0 Å². The van der Waals surface area contributed by atoms with E-state index >= 15 is 0 Å². The molecule has 0 atom stereocenters. The van der Waals surface area contributed by atoms with Crippen LogP contribution in [0.2, 0.25) is 0 Å². The number of nitrogens with zero attached hydrogens (tertiary/aromatic N) is 2. The fourth-order valence-electron chi connectivity index (χ4n) is 1.35. The van der Waals surface area contributed by atoms with Gasteiger partial charge in [0.05, 0.1) is 12.8 Å². The van der Waals surface area contributed by atoms with Gasteiger partial charge in [0.25, 0.3) is 0 Å². The predicted molar refractivity (Wildman–Crippen MR) is 71.5 cm³/mol. The van der Waals surface area contributed by atoms with E-state index in [1.807, 2.05) is 26.0 Å². The number of aromatic nitrogens is 2. The Kier molecular flexibility index (Phi) is 4.12. The van der Waals surface area contributed by atoms with Gasteiger partial charge >= 0.3 is 0 Å². The van der Waals surface area contributed by atoms with E-state index in [9.17, 15) is 4.79 Å². The zero-order valence-electron chi connectivity index (χ0n) is 10.9. The van der Waals surface area contributed by atoms with Gasteiger partial charge in [-0.05, 0) is 24.3 Å². The topological polar surface area (TPSA) is 80.0 Å². The summed E-state index contributed by atoms with van der Waals surface area (Å²) >= 11 is 0. The van der Waals surface area contributed by atoms with Gasteiger partial charge < -0.3 is 15.1 Å². The van der Waals surface area contributed by atoms with Crippen LogP contribution in [0.5, 0.6) is 0 Å². The van der Waals surface area contributed by atoms with Gasteiger partial charge in [0.2, 0.25) is 5.91 Å². The molecule has 0 aliphatic rings. The minimum atomic E-state index is -0.0847. The van der Waals surface area contributed by atoms with Gasteiger partial charge in [-0.15, -0.1) is 10.2 Å². The fraction of sp³-hybridized carbons (Fsp3) is 0.308. The Morgan fingerprint density at radius 2 is 2.00 bits per heavy atom. The average molecular weight is 260 g/mol. The summed E-state index contributed by atoms with van der Waals surface area (Å²) in [6.07, 6.45) is 1.62. The smallest absolute Gasteiger partial charge is 0.228 e. The van der Waals surface area contributed by atoms with E-state index in [1.54, 1.807) is 18.4 Å². The van der Waals surface area contributed by atoms with Crippen LogP contribution in [0.15, 0.2) is 34.9 Å². The van der Waals surface area contributed by atoms with Crippen molar-refractivity contribution in [2.75, 3.05) is 10.6 Å². The molecule has 0 saturated heterocycles. The molecular formula is C13H16N4O2. The van der Waals surface area contributed by atoms with Crippen molar-refractivity contribution in [2.24, 2.45) is 5.92 Å². The largest absolute Gasteiger partial charge is 0.467 e. The predicted octanol–water partition coefficient (Wildman–Crippen LogP) is 2.28. The highest BCUT2D eigenvalue weighted by Gasteiger charge is 2.08. The number of amides is 1. The molecule has 0 saturated carbocycles. The maximum absolute atomic E-state index is 11.5. The molecule has 2 aromatic rings. The van der Waals surface area contributed by atoms with E-state index in [-0.39, 0.29) is 11.8 Å². The number of carbonyl (C=O) groups excluding carboxylic acids is 1. The molecule has 2 rings (SSSR count). The van der Waals surface area contributed by atoms with Gasteiger partial charge in [-0.1, -0.05) is 13.8 Å². The van der Waals surface area contributed by atoms with Crippen LogP contribution in [-0.2, 0) is 11.3 Å². The second-order valence-electron chi connectivity index (χ2n) is 4.38. The van der Waals surface area contributed by atoms with E-state index in [0.29, 0.717) is 18.2 Å². The molecule has 0 aliphatic heterocycles. The molecule has 6 nitrogen and oxygen atoms in total. The second-order valence-corrected chi connectivity index (χ2v) is 4.38. The Bertz CT molecular complexity index is 520. The normalized spacial score (nSPS) is 10.5. The third-order valence-electron chi connectivity index (χ3n) is 2.46. The lowest BCUT2D eigenvalue weighted by molar-refractivity contribution is -0.118. The first kappa shape index (κ1) is 13.1. The zero-order valence-corrected chi connectivity index (χ0v) is 10.9. The summed E-state index contributed by atoms with van der Waals surface area (Å²) in [6.45, 7) is 4.18. The lowest BCUT2D eigenvalue weighted by Crippen LogP contribution is -2.18. The average Bonchev–Trinajstić information content (AvgIpc) is 2.91. The molecule has 2 N–H and O–H groups in total. The Morgan fingerprint density at radius 3 is 2.58 bits per heavy atom. The minimum Gasteiger partial charge on any atom is -0.467 e. The molecule has 0 radical (unpaired) electrons. The van der Waals surface area contributed by atoms with E-state index in [4.69, 9.17) is 4.42 Å². The standard InChI is InChI=1S/C13H16N4O2/c1-9(2)13(18)15-12-6-5-11(16-17-12)14-8-10-4-3-7-19-10/h3-7,9H,8H2,1-2H3,(H,14,16)(H,15,17,18). The summed E-state index contributed by atoms with van der Waals surface area (Å²) in [5.41, 5.74) is 0. The summed E-state index contributed by atoms with van der Waals surface area (Å²) in [5.74, 6) is 1.73. The molecule has 0 fully saturated rings. The first-order valence-corrected chi connectivity index (χ1v) is 6.06. The number of nitrogens with one attached hydrogen (secondary N) is 2. The molecule has 0 unspecified atom stereocenters. The molecule has 0 bridgehead atoms. The van der Waals surface area contributed by atoms with Gasteiger partial charge in [-0.25, -0.2) is 0 Å². The molecule has 0 aliphatic carbocycles. The van der Waals surface area contributed by atoms with Crippen molar-refractivity contribution >= 4 is 17.5 Å². The molecule has 2 aromatic heterocycles. The second kappa shape index (κ2) is 5.99. The highest BCUT2D eigenvalue weighted by molar-refractivity contribution is 5.91. The number of rotatable bonds is 5. The SMILES string of the molecule is CC(C)C(=O)Nc1ccc(NCc2ccco2)nn1. The summed E-state index contributed by atoms with van der Waals surface area (Å²) in [7, 11) is 0. The van der Waals surface area contributed by atoms with Gasteiger partial charge in [0, 0.05) is 5.92 Å². The van der Waals surface area contributed by atoms with Gasteiger partial charge in [-0.3, -0.25) is 4.79 Å². The van der Waals surface area contributed by atoms with Gasteiger partial charge in [0.1, 0.15) is 11.6 Å². The van der Waals surface area contributed by atoms with Crippen molar-refractivity contribution in [3.63, 3.8) is 0 Å². The minimum absolute atomic E-state index is 0.0782. The van der Waals surface area contributed by atoms with Crippen LogP contribution in [0.25, 0.3) is 0 Å². The Hall–Kier alpha value is -2.37. The van der Waals surface area contributed by atoms with Crippen LogP contribution >= 0.6 is 0 Å². The number of hydrogen-bond donors (Lipinski definition) is 2. The Labute approximate surface area is 111 Å². The fourth-order valence-corrected chi connectivity index (χ4v) is 1.35. The third kappa shape index (κ3) is 3.80. The van der Waals surface area contributed by atoms with E-state index in [2.05, 4.69) is 20.8 Å². The monoisotopic (exact) mass is 260 g/mol. The van der Waals surface area contributed by atoms with E-state index in [1.165, 1.54) is 0 Å². The van der Waals surface area contributed by atoms with Gasteiger partial charge in [0.15, 0.2) is 5.82 Å². The van der Waals surface area contributed by atoms with Crippen LogP contribution in [0.4, 0.5) is 11.6 Å². The summed E-state index contributed by atoms with van der Waals surface area (Å²) in [6, 6.07) is 7.16. The summed E-state index contributed by atoms with van der Waals surface area (Å²) in [5, 5.41) is 13.6. The first-order chi connectivity index (χ1) is 9.15. The molecule has 0 aromatic carbocycles. The van der Waals surface area contributed by atoms with Crippen LogP contribution in [0, 0.1) is 5.92 Å². The van der Waals surface area contributed by atoms with Crippen LogP contribution in [-0.4, -0.2) is 16.1 Å². The lowest BCUT2D eigenvalue weighted by atomic mass is 10.2. The first-order valence-electron chi connectivity index (χ1n) is 6.06. The Balaban J connectivity index is 1.89. The maximum Gasteiger partial charge on any atom is 0.228 e. The molecular weight excluding hydrogens is 244 g/mol. The van der Waals surface area contributed by atoms with Crippen LogP contribution in [0.1, 0.15) is 19.6 Å². The van der Waals surface area contributed by atoms with Crippen LogP contribution < -0.4 is 10.6 Å². The van der Waals surface area contributed by atoms with Crippen molar-refractivity contribution in [3.05, 3.63) is 36.3 Å². The summed E-state index contributed by atoms with van der Waals surface area (Å²) in [4.78, 5) is 11.5. The molecule has 2 heterocycles. The van der Waals surface area contributed by atoms with E-state index < -0.39 is 0 Å². The quantitative estimate of drug-likeness (QED) is 0.862. The van der Waals surface area contributed by atoms with Crippen molar-refractivity contribution in [2.45, 2.75) is 20.4 Å². The Morgan fingerprint density at radius 1 is 1.26 bits per heavy atom. The molecule has 1 amide bonds. The highest BCUT2D eigenvalue weighted by atomic mass is 16.3. The number of furan rings is 1.